The number of nitrogens with zero attached hydrogens (tertiary/aromatic N) is 4. The van der Waals surface area contributed by atoms with Crippen LogP contribution in [0.3, 0.4) is 0 Å². The summed E-state index contributed by atoms with van der Waals surface area (Å²) in [6.07, 6.45) is 4.66. The predicted octanol–water partition coefficient (Wildman–Crippen LogP) is 3.30. The zero-order chi connectivity index (χ0) is 19.6. The van der Waals surface area contributed by atoms with Crippen molar-refractivity contribution in [2.45, 2.75) is 58.5 Å². The van der Waals surface area contributed by atoms with Crippen molar-refractivity contribution < 1.29 is 4.74 Å². The highest BCUT2D eigenvalue weighted by molar-refractivity contribution is 7.13. The maximum atomic E-state index is 12.6. The van der Waals surface area contributed by atoms with Crippen molar-refractivity contribution in [3.05, 3.63) is 32.7 Å². The summed E-state index contributed by atoms with van der Waals surface area (Å²) in [6, 6.07) is 0. The molecule has 0 radical (unpaired) electrons. The number of methoxy groups -OCH3 is 1. The van der Waals surface area contributed by atoms with Crippen LogP contribution >= 0.6 is 11.3 Å². The van der Waals surface area contributed by atoms with Gasteiger partial charge in [-0.05, 0) is 45.2 Å². The first-order valence-corrected chi connectivity index (χ1v) is 10.5. The Morgan fingerprint density at radius 2 is 2.15 bits per heavy atom. The molecule has 0 aliphatic carbocycles. The Kier molecular flexibility index (Phi) is 6.13. The van der Waals surface area contributed by atoms with Crippen molar-refractivity contribution >= 4 is 11.3 Å². The fourth-order valence-electron chi connectivity index (χ4n) is 4.28. The molecule has 7 heteroatoms. The van der Waals surface area contributed by atoms with Crippen LogP contribution in [-0.2, 0) is 18.3 Å². The van der Waals surface area contributed by atoms with E-state index in [2.05, 4.69) is 22.3 Å². The molecule has 1 aliphatic heterocycles. The van der Waals surface area contributed by atoms with Crippen LogP contribution in [-0.4, -0.2) is 45.5 Å². The Morgan fingerprint density at radius 3 is 2.85 bits per heavy atom. The zero-order valence-corrected chi connectivity index (χ0v) is 17.9. The number of hydrogen-bond donors (Lipinski definition) is 0. The Hall–Kier alpha value is -1.57. The van der Waals surface area contributed by atoms with Crippen LogP contribution in [0.4, 0.5) is 0 Å². The van der Waals surface area contributed by atoms with Gasteiger partial charge in [-0.1, -0.05) is 13.3 Å². The predicted molar refractivity (Wildman–Crippen MR) is 109 cm³/mol. The summed E-state index contributed by atoms with van der Waals surface area (Å²) in [4.78, 5) is 20.0. The highest BCUT2D eigenvalue weighted by Gasteiger charge is 2.40. The van der Waals surface area contributed by atoms with Crippen LogP contribution in [0.1, 0.15) is 49.6 Å². The first kappa shape index (κ1) is 20.2. The van der Waals surface area contributed by atoms with Crippen molar-refractivity contribution in [1.82, 2.24) is 19.7 Å². The van der Waals surface area contributed by atoms with E-state index in [4.69, 9.17) is 9.72 Å². The summed E-state index contributed by atoms with van der Waals surface area (Å²) in [5, 5.41) is 7.15. The zero-order valence-electron chi connectivity index (χ0n) is 17.0. The van der Waals surface area contributed by atoms with Gasteiger partial charge in [-0.2, -0.15) is 5.10 Å². The normalized spacial score (nSPS) is 20.5. The van der Waals surface area contributed by atoms with Crippen LogP contribution in [0.15, 0.2) is 10.2 Å². The minimum atomic E-state index is -0.0834. The van der Waals surface area contributed by atoms with E-state index < -0.39 is 0 Å². The lowest BCUT2D eigenvalue weighted by molar-refractivity contribution is 0.0259. The fourth-order valence-corrected chi connectivity index (χ4v) is 5.19. The first-order chi connectivity index (χ1) is 12.9. The van der Waals surface area contributed by atoms with Crippen LogP contribution in [0.5, 0.6) is 0 Å². The molecule has 0 saturated carbocycles. The van der Waals surface area contributed by atoms with Gasteiger partial charge in [0, 0.05) is 31.6 Å². The molecule has 0 unspecified atom stereocenters. The Bertz CT molecular complexity index is 852. The fraction of sp³-hybridized carbons (Fsp3) is 0.650. The largest absolute Gasteiger partial charge is 0.383 e. The number of rotatable bonds is 7. The van der Waals surface area contributed by atoms with Gasteiger partial charge >= 0.3 is 0 Å². The molecular formula is C20H30N4O2S. The van der Waals surface area contributed by atoms with Crippen molar-refractivity contribution in [1.29, 1.82) is 0 Å². The molecule has 0 N–H and O–H groups in total. The van der Waals surface area contributed by atoms with Gasteiger partial charge in [0.25, 0.3) is 5.56 Å². The second-order valence-electron chi connectivity index (χ2n) is 7.59. The molecule has 0 spiro atoms. The molecule has 1 fully saturated rings. The minimum absolute atomic E-state index is 0.0834. The lowest BCUT2D eigenvalue weighted by atomic mass is 9.91. The third kappa shape index (κ3) is 3.86. The Balaban J connectivity index is 1.88. The molecule has 1 saturated heterocycles. The number of ether oxygens (including phenoxy) is 1. The van der Waals surface area contributed by atoms with Crippen LogP contribution in [0.2, 0.25) is 0 Å². The van der Waals surface area contributed by atoms with Gasteiger partial charge < -0.3 is 4.74 Å². The number of likely N-dealkylation sites (tertiary alicyclic amines) is 1. The van der Waals surface area contributed by atoms with Gasteiger partial charge in [-0.25, -0.2) is 9.67 Å². The van der Waals surface area contributed by atoms with E-state index in [1.807, 2.05) is 13.8 Å². The van der Waals surface area contributed by atoms with E-state index >= 15 is 0 Å². The molecule has 1 atom stereocenters. The third-order valence-corrected chi connectivity index (χ3v) is 6.62. The van der Waals surface area contributed by atoms with Crippen molar-refractivity contribution in [2.24, 2.45) is 7.05 Å². The summed E-state index contributed by atoms with van der Waals surface area (Å²) >= 11 is 1.55. The van der Waals surface area contributed by atoms with Crippen molar-refractivity contribution in [2.75, 3.05) is 20.3 Å². The molecule has 148 valence electrons. The van der Waals surface area contributed by atoms with E-state index in [-0.39, 0.29) is 11.1 Å². The minimum Gasteiger partial charge on any atom is -0.383 e. The topological polar surface area (TPSA) is 60.2 Å². The van der Waals surface area contributed by atoms with Gasteiger partial charge in [0.2, 0.25) is 0 Å². The summed E-state index contributed by atoms with van der Waals surface area (Å²) in [7, 11) is 3.49. The molecule has 2 aromatic rings. The van der Waals surface area contributed by atoms with Gasteiger partial charge in [-0.3, -0.25) is 9.69 Å². The van der Waals surface area contributed by atoms with E-state index in [0.717, 1.165) is 54.5 Å². The average Bonchev–Trinajstić information content (AvgIpc) is 3.23. The van der Waals surface area contributed by atoms with Crippen LogP contribution in [0, 0.1) is 13.8 Å². The number of hydrogen-bond acceptors (Lipinski definition) is 6. The van der Waals surface area contributed by atoms with E-state index in [9.17, 15) is 4.79 Å². The molecule has 3 heterocycles. The summed E-state index contributed by atoms with van der Waals surface area (Å²) in [6.45, 7) is 8.77. The molecule has 3 rings (SSSR count). The van der Waals surface area contributed by atoms with E-state index in [1.54, 1.807) is 25.5 Å². The number of aryl methyl sites for hydroxylation is 2. The van der Waals surface area contributed by atoms with E-state index in [0.29, 0.717) is 5.56 Å². The number of thiazole rings is 1. The Morgan fingerprint density at radius 1 is 1.37 bits per heavy atom. The smallest absolute Gasteiger partial charge is 0.277 e. The van der Waals surface area contributed by atoms with Crippen molar-refractivity contribution in [3.63, 3.8) is 0 Å². The number of aromatic nitrogens is 3. The summed E-state index contributed by atoms with van der Waals surface area (Å²) in [5.41, 5.74) is 3.53. The molecule has 0 aromatic carbocycles. The highest BCUT2D eigenvalue weighted by Crippen LogP contribution is 2.36. The van der Waals surface area contributed by atoms with Crippen LogP contribution < -0.4 is 5.56 Å². The third-order valence-electron chi connectivity index (χ3n) is 5.71. The first-order valence-electron chi connectivity index (χ1n) is 9.65. The van der Waals surface area contributed by atoms with Gasteiger partial charge in [0.05, 0.1) is 23.6 Å². The molecule has 0 bridgehead atoms. The highest BCUT2D eigenvalue weighted by atomic mass is 32.1. The second kappa shape index (κ2) is 8.20. The monoisotopic (exact) mass is 390 g/mol. The van der Waals surface area contributed by atoms with Crippen LogP contribution in [0.25, 0.3) is 10.6 Å². The molecular weight excluding hydrogens is 360 g/mol. The molecule has 6 nitrogen and oxygen atoms in total. The Labute approximate surface area is 165 Å². The second-order valence-corrected chi connectivity index (χ2v) is 8.45. The van der Waals surface area contributed by atoms with E-state index in [1.165, 1.54) is 17.5 Å². The lowest BCUT2D eigenvalue weighted by Gasteiger charge is -2.37. The quantitative estimate of drug-likeness (QED) is 0.726. The molecule has 1 aliphatic rings. The molecule has 27 heavy (non-hydrogen) atoms. The standard InChI is InChI=1S/C20H30N4O2S/c1-6-8-20(13-26-5)9-7-10-24(20)11-16-12-27-18(21-16)17-14(2)15(3)22-23(4)19(17)25/h12H,6-11,13H2,1-5H3/t20-/m1/s1. The van der Waals surface area contributed by atoms with Crippen molar-refractivity contribution in [3.8, 4) is 10.6 Å². The SMILES string of the molecule is CCC[C@]1(COC)CCCN1Cc1csc(-c2c(C)c(C)nn(C)c2=O)n1. The summed E-state index contributed by atoms with van der Waals surface area (Å²) in [5.74, 6) is 0. The maximum absolute atomic E-state index is 12.6. The molecule has 0 amide bonds. The molecule has 2 aromatic heterocycles. The maximum Gasteiger partial charge on any atom is 0.277 e. The average molecular weight is 391 g/mol. The van der Waals surface area contributed by atoms with Gasteiger partial charge in [-0.15, -0.1) is 11.3 Å². The lowest BCUT2D eigenvalue weighted by Crippen LogP contribution is -2.47. The summed E-state index contributed by atoms with van der Waals surface area (Å²) < 4.78 is 6.98. The van der Waals surface area contributed by atoms with Gasteiger partial charge in [0.1, 0.15) is 5.01 Å². The van der Waals surface area contributed by atoms with Gasteiger partial charge in [0.15, 0.2) is 0 Å².